The summed E-state index contributed by atoms with van der Waals surface area (Å²) in [5.74, 6) is 0.400. The molecule has 1 aliphatic carbocycles. The Balaban J connectivity index is 2.39. The maximum absolute atomic E-state index is 11.3. The third kappa shape index (κ3) is 4.51. The molecule has 2 N–H and O–H groups in total. The smallest absolute Gasteiger partial charge is 0.411 e. The molecule has 0 spiro atoms. The predicted molar refractivity (Wildman–Crippen MR) is 66.4 cm³/mol. The number of hydrogen-bond acceptors (Lipinski definition) is 3. The summed E-state index contributed by atoms with van der Waals surface area (Å²) >= 11 is 0. The number of alkyl carbamates (subject to hydrolysis) is 1. The molecule has 0 aromatic rings. The average Bonchev–Trinajstić information content (AvgIpc) is 2.93. The molecule has 1 rings (SSSR count). The van der Waals surface area contributed by atoms with E-state index in [0.717, 1.165) is 18.3 Å². The molecule has 0 unspecified atom stereocenters. The van der Waals surface area contributed by atoms with E-state index in [1.807, 2.05) is 28.6 Å². The van der Waals surface area contributed by atoms with Crippen LogP contribution in [0.5, 0.6) is 0 Å². The fraction of sp³-hybridized carbons (Fsp3) is 0.636. The van der Waals surface area contributed by atoms with Crippen LogP contribution in [0.4, 0.5) is 4.79 Å². The normalized spacial score (nSPS) is 16.8. The Labute approximate surface area is 97.4 Å². The SMILES string of the molecule is B/C(=C/NC(=O)OC(C)(C)C)C(=N)C1CC1. The Kier molecular flexibility index (Phi) is 3.78. The summed E-state index contributed by atoms with van der Waals surface area (Å²) in [4.78, 5) is 11.3. The van der Waals surface area contributed by atoms with E-state index in [9.17, 15) is 4.79 Å². The third-order valence-electron chi connectivity index (χ3n) is 2.22. The van der Waals surface area contributed by atoms with Gasteiger partial charge in [-0.3, -0.25) is 5.32 Å². The summed E-state index contributed by atoms with van der Waals surface area (Å²) in [6.07, 6.45) is 3.26. The number of carbonyl (C=O) groups is 1. The van der Waals surface area contributed by atoms with Crippen LogP contribution < -0.4 is 5.32 Å². The maximum atomic E-state index is 11.3. The molecule has 1 fully saturated rings. The first-order valence-corrected chi connectivity index (χ1v) is 5.54. The number of carbonyl (C=O) groups excluding carboxylic acids is 1. The van der Waals surface area contributed by atoms with Gasteiger partial charge in [-0.05, 0) is 33.6 Å². The molecule has 88 valence electrons. The lowest BCUT2D eigenvalue weighted by molar-refractivity contribution is 0.0552. The van der Waals surface area contributed by atoms with Crippen molar-refractivity contribution in [3.8, 4) is 0 Å². The van der Waals surface area contributed by atoms with Crippen LogP contribution in [0.1, 0.15) is 33.6 Å². The van der Waals surface area contributed by atoms with Gasteiger partial charge in [0.2, 0.25) is 0 Å². The van der Waals surface area contributed by atoms with Gasteiger partial charge in [-0.2, -0.15) is 0 Å². The number of rotatable bonds is 3. The number of ether oxygens (including phenoxy) is 1. The lowest BCUT2D eigenvalue weighted by atomic mass is 9.89. The minimum atomic E-state index is -0.490. The van der Waals surface area contributed by atoms with Gasteiger partial charge in [0.25, 0.3) is 0 Å². The van der Waals surface area contributed by atoms with Crippen LogP contribution in [0.2, 0.25) is 0 Å². The Morgan fingerprint density at radius 1 is 1.50 bits per heavy atom. The van der Waals surface area contributed by atoms with Crippen molar-refractivity contribution in [2.24, 2.45) is 5.92 Å². The Hall–Kier alpha value is -1.26. The second kappa shape index (κ2) is 4.72. The summed E-state index contributed by atoms with van der Waals surface area (Å²) in [5.41, 5.74) is 0.931. The first-order valence-electron chi connectivity index (χ1n) is 5.54. The first-order chi connectivity index (χ1) is 7.29. The van der Waals surface area contributed by atoms with Crippen molar-refractivity contribution in [2.75, 3.05) is 0 Å². The number of nitrogens with one attached hydrogen (secondary N) is 2. The van der Waals surface area contributed by atoms with Crippen LogP contribution in [0.15, 0.2) is 11.7 Å². The van der Waals surface area contributed by atoms with Gasteiger partial charge in [0.15, 0.2) is 0 Å². The van der Waals surface area contributed by atoms with Crippen molar-refractivity contribution in [1.29, 1.82) is 5.41 Å². The minimum Gasteiger partial charge on any atom is -0.444 e. The van der Waals surface area contributed by atoms with E-state index in [0.29, 0.717) is 11.6 Å². The van der Waals surface area contributed by atoms with Gasteiger partial charge in [0.1, 0.15) is 13.4 Å². The highest BCUT2D eigenvalue weighted by atomic mass is 16.6. The minimum absolute atomic E-state index is 0.400. The molecular weight excluding hydrogens is 203 g/mol. The van der Waals surface area contributed by atoms with E-state index in [-0.39, 0.29) is 0 Å². The van der Waals surface area contributed by atoms with Gasteiger partial charge >= 0.3 is 6.09 Å². The average molecular weight is 222 g/mol. The summed E-state index contributed by atoms with van der Waals surface area (Å²) in [6, 6.07) is 0. The van der Waals surface area contributed by atoms with Crippen molar-refractivity contribution < 1.29 is 9.53 Å². The highest BCUT2D eigenvalue weighted by molar-refractivity contribution is 6.38. The molecule has 0 saturated heterocycles. The molecule has 0 heterocycles. The summed E-state index contributed by atoms with van der Waals surface area (Å²) in [7, 11) is 1.83. The third-order valence-corrected chi connectivity index (χ3v) is 2.22. The molecule has 0 aliphatic heterocycles. The van der Waals surface area contributed by atoms with E-state index in [1.165, 1.54) is 0 Å². The van der Waals surface area contributed by atoms with Gasteiger partial charge in [-0.1, -0.05) is 5.47 Å². The molecule has 0 aromatic carbocycles. The standard InChI is InChI=1S/C11H19BN2O2/c1-11(2,3)16-10(15)14-6-8(12)9(13)7-4-5-7/h6-7,13H,4-5,12H2,1-3H3,(H,14,15)/b8-6+,13-9?. The quantitative estimate of drug-likeness (QED) is 0.560. The number of hydrogen-bond donors (Lipinski definition) is 2. The molecule has 0 aromatic heterocycles. The topological polar surface area (TPSA) is 62.2 Å². The van der Waals surface area contributed by atoms with Gasteiger partial charge < -0.3 is 10.1 Å². The maximum Gasteiger partial charge on any atom is 0.411 e. The predicted octanol–water partition coefficient (Wildman–Crippen LogP) is 1.42. The van der Waals surface area contributed by atoms with E-state index < -0.39 is 11.7 Å². The zero-order valence-electron chi connectivity index (χ0n) is 10.4. The van der Waals surface area contributed by atoms with Gasteiger partial charge in [0.05, 0.1) is 0 Å². The summed E-state index contributed by atoms with van der Waals surface area (Å²) < 4.78 is 5.08. The lowest BCUT2D eigenvalue weighted by Crippen LogP contribution is -2.30. The lowest BCUT2D eigenvalue weighted by Gasteiger charge is -2.19. The molecule has 16 heavy (non-hydrogen) atoms. The Morgan fingerprint density at radius 3 is 2.50 bits per heavy atom. The van der Waals surface area contributed by atoms with Crippen molar-refractivity contribution in [1.82, 2.24) is 5.32 Å². The molecule has 0 bridgehead atoms. The van der Waals surface area contributed by atoms with Crippen LogP contribution in [-0.4, -0.2) is 25.3 Å². The van der Waals surface area contributed by atoms with Crippen LogP contribution in [0, 0.1) is 11.3 Å². The summed E-state index contributed by atoms with van der Waals surface area (Å²) in [6.45, 7) is 5.44. The molecule has 1 aliphatic rings. The molecule has 1 amide bonds. The zero-order valence-corrected chi connectivity index (χ0v) is 10.4. The highest BCUT2D eigenvalue weighted by Crippen LogP contribution is 2.31. The van der Waals surface area contributed by atoms with Crippen molar-refractivity contribution in [3.63, 3.8) is 0 Å². The van der Waals surface area contributed by atoms with E-state index in [1.54, 1.807) is 6.20 Å². The van der Waals surface area contributed by atoms with Crippen LogP contribution in [0.3, 0.4) is 0 Å². The largest absolute Gasteiger partial charge is 0.444 e. The second-order valence-electron chi connectivity index (χ2n) is 5.16. The number of amides is 1. The van der Waals surface area contributed by atoms with Gasteiger partial charge in [0, 0.05) is 17.8 Å². The van der Waals surface area contributed by atoms with Gasteiger partial charge in [-0.15, -0.1) is 0 Å². The monoisotopic (exact) mass is 222 g/mol. The molecular formula is C11H19BN2O2. The van der Waals surface area contributed by atoms with Crippen LogP contribution in [-0.2, 0) is 4.74 Å². The number of allylic oxidation sites excluding steroid dienone is 1. The van der Waals surface area contributed by atoms with Gasteiger partial charge in [-0.25, -0.2) is 4.79 Å². The molecule has 4 nitrogen and oxygen atoms in total. The molecule has 5 heteroatoms. The Morgan fingerprint density at radius 2 is 2.06 bits per heavy atom. The second-order valence-corrected chi connectivity index (χ2v) is 5.16. The van der Waals surface area contributed by atoms with E-state index >= 15 is 0 Å². The highest BCUT2D eigenvalue weighted by Gasteiger charge is 2.26. The molecule has 0 radical (unpaired) electrons. The van der Waals surface area contributed by atoms with E-state index in [2.05, 4.69) is 5.32 Å². The van der Waals surface area contributed by atoms with Crippen molar-refractivity contribution in [3.05, 3.63) is 11.7 Å². The van der Waals surface area contributed by atoms with Crippen molar-refractivity contribution >= 4 is 19.7 Å². The van der Waals surface area contributed by atoms with Crippen LogP contribution >= 0.6 is 0 Å². The van der Waals surface area contributed by atoms with E-state index in [4.69, 9.17) is 10.1 Å². The fourth-order valence-corrected chi connectivity index (χ4v) is 1.25. The first kappa shape index (κ1) is 12.8. The zero-order chi connectivity index (χ0) is 12.3. The van der Waals surface area contributed by atoms with Crippen LogP contribution in [0.25, 0.3) is 0 Å². The van der Waals surface area contributed by atoms with Crippen molar-refractivity contribution in [2.45, 2.75) is 39.2 Å². The summed E-state index contributed by atoms with van der Waals surface area (Å²) in [5, 5.41) is 10.3. The molecule has 0 atom stereocenters. The molecule has 1 saturated carbocycles. The Bertz CT molecular complexity index is 327. The fourth-order valence-electron chi connectivity index (χ4n) is 1.25.